The summed E-state index contributed by atoms with van der Waals surface area (Å²) in [5.74, 6) is 0.401. The normalized spacial score (nSPS) is 10.7. The molecule has 38 heavy (non-hydrogen) atoms. The highest BCUT2D eigenvalue weighted by molar-refractivity contribution is 5.88. The number of hydrogen-bond acceptors (Lipinski definition) is 7. The van der Waals surface area contributed by atoms with Crippen molar-refractivity contribution >= 4 is 11.8 Å². The molecule has 1 amide bonds. The predicted octanol–water partition coefficient (Wildman–Crippen LogP) is 4.10. The summed E-state index contributed by atoms with van der Waals surface area (Å²) >= 11 is 0. The van der Waals surface area contributed by atoms with E-state index in [-0.39, 0.29) is 19.8 Å². The van der Waals surface area contributed by atoms with Crippen LogP contribution in [0, 0.1) is 29.6 Å². The number of nitrogens with zero attached hydrogens (tertiary/aromatic N) is 4. The summed E-state index contributed by atoms with van der Waals surface area (Å²) in [5.41, 5.74) is 3.19. The van der Waals surface area contributed by atoms with E-state index in [9.17, 15) is 20.4 Å². The first-order valence-corrected chi connectivity index (χ1v) is 11.9. The lowest BCUT2D eigenvalue weighted by Gasteiger charge is -2.28. The van der Waals surface area contributed by atoms with Crippen LogP contribution in [0.3, 0.4) is 0 Å². The van der Waals surface area contributed by atoms with Gasteiger partial charge in [0.15, 0.2) is 5.75 Å². The molecule has 1 aromatic heterocycles. The van der Waals surface area contributed by atoms with Gasteiger partial charge in [-0.25, -0.2) is 4.79 Å². The van der Waals surface area contributed by atoms with Crippen LogP contribution in [0.1, 0.15) is 54.3 Å². The number of benzene rings is 2. The van der Waals surface area contributed by atoms with Gasteiger partial charge in [0, 0.05) is 22.9 Å². The van der Waals surface area contributed by atoms with Crippen LogP contribution in [0.25, 0.3) is 0 Å². The second kappa shape index (κ2) is 12.1. The lowest BCUT2D eigenvalue weighted by atomic mass is 10.1. The molecule has 196 valence electrons. The second-order valence-electron chi connectivity index (χ2n) is 9.54. The van der Waals surface area contributed by atoms with Crippen LogP contribution in [-0.4, -0.2) is 23.9 Å². The van der Waals surface area contributed by atoms with Crippen LogP contribution < -0.4 is 19.2 Å². The zero-order valence-corrected chi connectivity index (χ0v) is 22.2. The number of carbonyl (C=O) groups is 1. The number of aromatic nitrogens is 1. The van der Waals surface area contributed by atoms with E-state index in [1.54, 1.807) is 76.4 Å². The molecule has 0 atom stereocenters. The fourth-order valence-corrected chi connectivity index (χ4v) is 3.82. The highest BCUT2D eigenvalue weighted by Gasteiger charge is 2.29. The van der Waals surface area contributed by atoms with Gasteiger partial charge in [-0.05, 0) is 62.7 Å². The van der Waals surface area contributed by atoms with Gasteiger partial charge < -0.3 is 14.6 Å². The van der Waals surface area contributed by atoms with Crippen molar-refractivity contribution in [3.63, 3.8) is 0 Å². The van der Waals surface area contributed by atoms with Gasteiger partial charge in [0.25, 0.3) is 5.69 Å². The van der Waals surface area contributed by atoms with E-state index < -0.39 is 11.7 Å². The average molecular weight is 516 g/mol. The molecule has 0 aliphatic carbocycles. The van der Waals surface area contributed by atoms with E-state index in [2.05, 4.69) is 12.1 Å². The van der Waals surface area contributed by atoms with E-state index in [1.165, 1.54) is 16.7 Å². The average Bonchev–Trinajstić information content (AvgIpc) is 2.90. The van der Waals surface area contributed by atoms with Crippen molar-refractivity contribution in [1.29, 1.82) is 10.5 Å². The summed E-state index contributed by atoms with van der Waals surface area (Å²) in [6.45, 7) is 6.95. The van der Waals surface area contributed by atoms with Crippen LogP contribution >= 0.6 is 0 Å². The fourth-order valence-electron chi connectivity index (χ4n) is 3.82. The van der Waals surface area contributed by atoms with Gasteiger partial charge in [0.2, 0.25) is 6.20 Å². The summed E-state index contributed by atoms with van der Waals surface area (Å²) < 4.78 is 13.3. The number of anilines is 1. The van der Waals surface area contributed by atoms with Gasteiger partial charge in [0.1, 0.15) is 19.3 Å². The first-order chi connectivity index (χ1) is 18.1. The quantitative estimate of drug-likeness (QED) is 0.449. The smallest absolute Gasteiger partial charge is 0.415 e. The molecule has 0 bridgehead atoms. The molecule has 0 unspecified atom stereocenters. The van der Waals surface area contributed by atoms with E-state index >= 15 is 0 Å². The first-order valence-electron chi connectivity index (χ1n) is 11.9. The third kappa shape index (κ3) is 6.78. The molecule has 1 N–H and O–H groups in total. The molecule has 0 radical (unpaired) electrons. The fraction of sp³-hybridized carbons (Fsp3) is 0.310. The Morgan fingerprint density at radius 1 is 1.08 bits per heavy atom. The zero-order valence-electron chi connectivity index (χ0n) is 22.2. The van der Waals surface area contributed by atoms with Gasteiger partial charge in [-0.3, -0.25) is 9.74 Å². The number of pyridine rings is 1. The molecule has 0 saturated heterocycles. The van der Waals surface area contributed by atoms with E-state index in [0.29, 0.717) is 39.4 Å². The molecule has 0 fully saturated rings. The lowest BCUT2D eigenvalue weighted by molar-refractivity contribution is -0.890. The summed E-state index contributed by atoms with van der Waals surface area (Å²) in [7, 11) is 1.50. The van der Waals surface area contributed by atoms with Crippen molar-refractivity contribution in [2.24, 2.45) is 0 Å². The third-order valence-electron chi connectivity index (χ3n) is 5.64. The lowest BCUT2D eigenvalue weighted by Crippen LogP contribution is -2.45. The molecular weight excluding hydrogens is 484 g/mol. The minimum atomic E-state index is -0.742. The SMILES string of the molecule is CO[n+]1cc(CN(C(=O)OC(C)(C)C)c2ccc(C#N)cc2)c(CO)c(OCc2cccc(C#N)c2)c1C. The molecule has 0 spiro atoms. The molecule has 3 aromatic rings. The molecule has 0 saturated carbocycles. The molecule has 3 rings (SSSR count). The van der Waals surface area contributed by atoms with Crippen molar-refractivity contribution in [1.82, 2.24) is 0 Å². The minimum Gasteiger partial charge on any atom is -0.482 e. The molecule has 9 nitrogen and oxygen atoms in total. The van der Waals surface area contributed by atoms with Crippen LogP contribution in [0.15, 0.2) is 54.7 Å². The molecule has 0 aliphatic rings. The van der Waals surface area contributed by atoms with E-state index in [1.807, 2.05) is 6.07 Å². The number of aliphatic hydroxyl groups excluding tert-OH is 1. The van der Waals surface area contributed by atoms with Crippen LogP contribution in [0.4, 0.5) is 10.5 Å². The zero-order chi connectivity index (χ0) is 27.9. The Labute approximate surface area is 222 Å². The Morgan fingerprint density at radius 2 is 1.76 bits per heavy atom. The Hall–Kier alpha value is -4.60. The number of aliphatic hydroxyl groups is 1. The molecule has 1 heterocycles. The van der Waals surface area contributed by atoms with Crippen molar-refractivity contribution in [3.8, 4) is 17.9 Å². The second-order valence-corrected chi connectivity index (χ2v) is 9.54. The van der Waals surface area contributed by atoms with E-state index in [4.69, 9.17) is 14.3 Å². The van der Waals surface area contributed by atoms with Crippen LogP contribution in [-0.2, 0) is 24.5 Å². The number of carbonyl (C=O) groups excluding carboxylic acids is 1. The highest BCUT2D eigenvalue weighted by atomic mass is 16.6. The standard InChI is InChI=1S/C29H31N4O5/c1-20-27(37-19-23-8-6-7-22(13-23)15-31)26(18-34)24(17-33(20)36-5)16-32(28(35)38-29(2,3)4)25-11-9-21(14-30)10-12-25/h6-13,17,34H,16,18-19H2,1-5H3/q+1. The monoisotopic (exact) mass is 515 g/mol. The van der Waals surface area contributed by atoms with Gasteiger partial charge in [-0.15, -0.1) is 0 Å². The van der Waals surface area contributed by atoms with Crippen molar-refractivity contribution < 1.29 is 28.9 Å². The molecule has 9 heteroatoms. The summed E-state index contributed by atoms with van der Waals surface area (Å²) in [6, 6.07) is 17.8. The van der Waals surface area contributed by atoms with Crippen LogP contribution in [0.5, 0.6) is 5.75 Å². The first kappa shape index (κ1) is 28.0. The number of rotatable bonds is 8. The Bertz CT molecular complexity index is 1380. The Kier molecular flexibility index (Phi) is 8.90. The third-order valence-corrected chi connectivity index (χ3v) is 5.64. The topological polar surface area (TPSA) is 120 Å². The maximum Gasteiger partial charge on any atom is 0.415 e. The Morgan fingerprint density at radius 3 is 2.34 bits per heavy atom. The minimum absolute atomic E-state index is 0.0284. The molecular formula is C29H31N4O5+. The van der Waals surface area contributed by atoms with E-state index in [0.717, 1.165) is 5.56 Å². The Balaban J connectivity index is 2.05. The maximum absolute atomic E-state index is 13.3. The molecule has 0 aliphatic heterocycles. The van der Waals surface area contributed by atoms with Gasteiger partial charge >= 0.3 is 6.09 Å². The number of amides is 1. The van der Waals surface area contributed by atoms with Crippen molar-refractivity contribution in [2.75, 3.05) is 12.0 Å². The van der Waals surface area contributed by atoms with Crippen molar-refractivity contribution in [3.05, 3.63) is 88.2 Å². The molecule has 2 aromatic carbocycles. The summed E-state index contributed by atoms with van der Waals surface area (Å²) in [5, 5.41) is 28.8. The van der Waals surface area contributed by atoms with Crippen molar-refractivity contribution in [2.45, 2.75) is 53.1 Å². The summed E-state index contributed by atoms with van der Waals surface area (Å²) in [4.78, 5) is 20.2. The highest BCUT2D eigenvalue weighted by Crippen LogP contribution is 2.29. The van der Waals surface area contributed by atoms with Crippen LogP contribution in [0.2, 0.25) is 0 Å². The van der Waals surface area contributed by atoms with Gasteiger partial charge in [-0.1, -0.05) is 12.1 Å². The maximum atomic E-state index is 13.3. The number of hydrogen-bond donors (Lipinski definition) is 1. The predicted molar refractivity (Wildman–Crippen MR) is 139 cm³/mol. The number of nitriles is 2. The van der Waals surface area contributed by atoms with Gasteiger partial charge in [0.05, 0.1) is 42.0 Å². The largest absolute Gasteiger partial charge is 0.482 e. The number of ether oxygens (including phenoxy) is 2. The summed E-state index contributed by atoms with van der Waals surface area (Å²) in [6.07, 6.45) is 1.09. The van der Waals surface area contributed by atoms with Gasteiger partial charge in [-0.2, -0.15) is 10.5 Å².